The van der Waals surface area contributed by atoms with Crippen molar-refractivity contribution in [1.29, 1.82) is 0 Å². The van der Waals surface area contributed by atoms with E-state index in [9.17, 15) is 0 Å². The van der Waals surface area contributed by atoms with Gasteiger partial charge in [-0.1, -0.05) is 25.0 Å². The summed E-state index contributed by atoms with van der Waals surface area (Å²) >= 11 is 0. The summed E-state index contributed by atoms with van der Waals surface area (Å²) in [7, 11) is 0. The van der Waals surface area contributed by atoms with Gasteiger partial charge in [0.25, 0.3) is 0 Å². The van der Waals surface area contributed by atoms with Crippen LogP contribution in [-0.2, 0) is 0 Å². The standard InChI is InChI=1S/C14H26N2/c1-3-13-4-7-15-14(10-13)11-16-8-5-12(2)6-9-16/h5,13-15H,3-4,6-11H2,1-2H3. The third kappa shape index (κ3) is 3.33. The van der Waals surface area contributed by atoms with Gasteiger partial charge in [0.05, 0.1) is 0 Å². The van der Waals surface area contributed by atoms with Crippen molar-refractivity contribution in [2.24, 2.45) is 5.92 Å². The van der Waals surface area contributed by atoms with E-state index < -0.39 is 0 Å². The molecule has 2 aliphatic rings. The Bertz CT molecular complexity index is 247. The minimum atomic E-state index is 0.741. The van der Waals surface area contributed by atoms with Crippen LogP contribution in [0.3, 0.4) is 0 Å². The molecule has 1 N–H and O–H groups in total. The van der Waals surface area contributed by atoms with Crippen LogP contribution in [0.2, 0.25) is 0 Å². The number of rotatable bonds is 3. The monoisotopic (exact) mass is 222 g/mol. The van der Waals surface area contributed by atoms with E-state index in [1.165, 1.54) is 51.9 Å². The van der Waals surface area contributed by atoms with E-state index >= 15 is 0 Å². The average molecular weight is 222 g/mol. The fraction of sp³-hybridized carbons (Fsp3) is 0.857. The minimum absolute atomic E-state index is 0.741. The lowest BCUT2D eigenvalue weighted by Crippen LogP contribution is -2.46. The summed E-state index contributed by atoms with van der Waals surface area (Å²) in [5, 5.41) is 3.68. The molecule has 2 aliphatic heterocycles. The van der Waals surface area contributed by atoms with Crippen molar-refractivity contribution < 1.29 is 0 Å². The molecule has 2 heterocycles. The molecule has 2 atom stereocenters. The van der Waals surface area contributed by atoms with Gasteiger partial charge in [0.2, 0.25) is 0 Å². The van der Waals surface area contributed by atoms with Gasteiger partial charge in [-0.2, -0.15) is 0 Å². The number of nitrogens with one attached hydrogen (secondary N) is 1. The highest BCUT2D eigenvalue weighted by atomic mass is 15.1. The van der Waals surface area contributed by atoms with Crippen molar-refractivity contribution in [3.05, 3.63) is 11.6 Å². The molecule has 0 radical (unpaired) electrons. The molecule has 0 aromatic carbocycles. The number of piperidine rings is 1. The van der Waals surface area contributed by atoms with Gasteiger partial charge in [-0.3, -0.25) is 4.90 Å². The van der Waals surface area contributed by atoms with Gasteiger partial charge in [0.15, 0.2) is 0 Å². The first kappa shape index (κ1) is 12.1. The van der Waals surface area contributed by atoms with Gasteiger partial charge in [0.1, 0.15) is 0 Å². The second-order valence-electron chi connectivity index (χ2n) is 5.51. The Balaban J connectivity index is 1.76. The molecule has 0 amide bonds. The van der Waals surface area contributed by atoms with E-state index in [1.54, 1.807) is 5.57 Å². The summed E-state index contributed by atoms with van der Waals surface area (Å²) < 4.78 is 0. The van der Waals surface area contributed by atoms with Gasteiger partial charge in [-0.05, 0) is 38.6 Å². The number of nitrogens with zero attached hydrogens (tertiary/aromatic N) is 1. The summed E-state index contributed by atoms with van der Waals surface area (Å²) in [5.41, 5.74) is 1.57. The van der Waals surface area contributed by atoms with Gasteiger partial charge >= 0.3 is 0 Å². The number of hydrogen-bond acceptors (Lipinski definition) is 2. The third-order valence-electron chi connectivity index (χ3n) is 4.18. The average Bonchev–Trinajstić information content (AvgIpc) is 2.32. The molecule has 2 rings (SSSR count). The Morgan fingerprint density at radius 2 is 2.38 bits per heavy atom. The third-order valence-corrected chi connectivity index (χ3v) is 4.18. The largest absolute Gasteiger partial charge is 0.313 e. The maximum atomic E-state index is 3.68. The molecule has 2 heteroatoms. The van der Waals surface area contributed by atoms with Crippen LogP contribution in [0.15, 0.2) is 11.6 Å². The molecular formula is C14H26N2. The van der Waals surface area contributed by atoms with Crippen LogP contribution >= 0.6 is 0 Å². The summed E-state index contributed by atoms with van der Waals surface area (Å²) in [6.07, 6.45) is 7.78. The highest BCUT2D eigenvalue weighted by molar-refractivity contribution is 5.04. The first-order valence-corrected chi connectivity index (χ1v) is 6.89. The van der Waals surface area contributed by atoms with Crippen LogP contribution in [0, 0.1) is 5.92 Å². The molecule has 92 valence electrons. The Morgan fingerprint density at radius 1 is 1.50 bits per heavy atom. The van der Waals surface area contributed by atoms with Crippen LogP contribution in [0.4, 0.5) is 0 Å². The van der Waals surface area contributed by atoms with Crippen molar-refractivity contribution >= 4 is 0 Å². The van der Waals surface area contributed by atoms with Crippen LogP contribution in [0.5, 0.6) is 0 Å². The zero-order valence-corrected chi connectivity index (χ0v) is 10.8. The number of hydrogen-bond donors (Lipinski definition) is 1. The molecule has 16 heavy (non-hydrogen) atoms. The van der Waals surface area contributed by atoms with E-state index in [2.05, 4.69) is 30.1 Å². The van der Waals surface area contributed by atoms with E-state index in [0.717, 1.165) is 12.0 Å². The Kier molecular flexibility index (Phi) is 4.42. The molecule has 0 saturated carbocycles. The Morgan fingerprint density at radius 3 is 3.06 bits per heavy atom. The summed E-state index contributed by atoms with van der Waals surface area (Å²) in [6.45, 7) is 9.49. The zero-order valence-electron chi connectivity index (χ0n) is 10.8. The lowest BCUT2D eigenvalue weighted by atomic mass is 9.90. The van der Waals surface area contributed by atoms with Crippen molar-refractivity contribution in [2.75, 3.05) is 26.2 Å². The summed E-state index contributed by atoms with van der Waals surface area (Å²) in [6, 6.07) is 0.741. The van der Waals surface area contributed by atoms with Crippen LogP contribution < -0.4 is 5.32 Å². The Labute approximate surface area is 100 Å². The predicted molar refractivity (Wildman–Crippen MR) is 69.6 cm³/mol. The van der Waals surface area contributed by atoms with Gasteiger partial charge in [-0.25, -0.2) is 0 Å². The molecular weight excluding hydrogens is 196 g/mol. The molecule has 0 spiro atoms. The molecule has 2 nitrogen and oxygen atoms in total. The molecule has 0 bridgehead atoms. The van der Waals surface area contributed by atoms with Crippen LogP contribution in [0.1, 0.15) is 39.5 Å². The van der Waals surface area contributed by atoms with E-state index in [4.69, 9.17) is 0 Å². The van der Waals surface area contributed by atoms with Gasteiger partial charge in [-0.15, -0.1) is 0 Å². The maximum absolute atomic E-state index is 3.68. The Hall–Kier alpha value is -0.340. The normalized spacial score (nSPS) is 32.5. The SMILES string of the molecule is CCC1CCNC(CN2CC=C(C)CC2)C1. The molecule has 0 aromatic heterocycles. The smallest absolute Gasteiger partial charge is 0.0197 e. The first-order chi connectivity index (χ1) is 7.78. The van der Waals surface area contributed by atoms with Gasteiger partial charge in [0, 0.05) is 25.7 Å². The second kappa shape index (κ2) is 5.83. The van der Waals surface area contributed by atoms with Crippen molar-refractivity contribution in [3.8, 4) is 0 Å². The summed E-state index contributed by atoms with van der Waals surface area (Å²) in [5.74, 6) is 0.966. The van der Waals surface area contributed by atoms with Crippen molar-refractivity contribution in [1.82, 2.24) is 10.2 Å². The van der Waals surface area contributed by atoms with Crippen LogP contribution in [0.25, 0.3) is 0 Å². The molecule has 0 aliphatic carbocycles. The van der Waals surface area contributed by atoms with Crippen molar-refractivity contribution in [3.63, 3.8) is 0 Å². The summed E-state index contributed by atoms with van der Waals surface area (Å²) in [4.78, 5) is 2.60. The topological polar surface area (TPSA) is 15.3 Å². The van der Waals surface area contributed by atoms with Crippen molar-refractivity contribution in [2.45, 2.75) is 45.6 Å². The van der Waals surface area contributed by atoms with Gasteiger partial charge < -0.3 is 5.32 Å². The minimum Gasteiger partial charge on any atom is -0.313 e. The van der Waals surface area contributed by atoms with Crippen LogP contribution in [-0.4, -0.2) is 37.1 Å². The fourth-order valence-electron chi connectivity index (χ4n) is 2.90. The fourth-order valence-corrected chi connectivity index (χ4v) is 2.90. The van der Waals surface area contributed by atoms with E-state index in [0.29, 0.717) is 0 Å². The molecule has 1 fully saturated rings. The van der Waals surface area contributed by atoms with E-state index in [1.807, 2.05) is 0 Å². The molecule has 0 aromatic rings. The molecule has 1 saturated heterocycles. The molecule has 2 unspecified atom stereocenters. The second-order valence-corrected chi connectivity index (χ2v) is 5.51. The zero-order chi connectivity index (χ0) is 11.4. The highest BCUT2D eigenvalue weighted by Gasteiger charge is 2.22. The predicted octanol–water partition coefficient (Wildman–Crippen LogP) is 2.42. The highest BCUT2D eigenvalue weighted by Crippen LogP contribution is 2.20. The maximum Gasteiger partial charge on any atom is 0.0197 e. The lowest BCUT2D eigenvalue weighted by Gasteiger charge is -2.35. The quantitative estimate of drug-likeness (QED) is 0.738. The lowest BCUT2D eigenvalue weighted by molar-refractivity contribution is 0.208. The van der Waals surface area contributed by atoms with E-state index in [-0.39, 0.29) is 0 Å². The first-order valence-electron chi connectivity index (χ1n) is 6.89.